The molecule has 2 aliphatic carbocycles. The van der Waals surface area contributed by atoms with E-state index in [1.54, 1.807) is 11.3 Å². The third kappa shape index (κ3) is 2.91. The predicted molar refractivity (Wildman–Crippen MR) is 81.0 cm³/mol. The van der Waals surface area contributed by atoms with Crippen LogP contribution < -0.4 is 5.32 Å². The molecule has 3 unspecified atom stereocenters. The number of nitrogens with one attached hydrogen (secondary N) is 1. The second-order valence-electron chi connectivity index (χ2n) is 6.06. The van der Waals surface area contributed by atoms with Crippen LogP contribution in [0.1, 0.15) is 61.3 Å². The number of carbonyl (C=O) groups excluding carboxylic acids is 1. The molecule has 0 saturated heterocycles. The maximum absolute atomic E-state index is 12.6. The number of aryl methyl sites for hydroxylation is 1. The molecule has 0 bridgehead atoms. The Hall–Kier alpha value is -0.870. The minimum absolute atomic E-state index is 0.000420. The van der Waals surface area contributed by atoms with E-state index in [-0.39, 0.29) is 24.0 Å². The topological polar surface area (TPSA) is 49.3 Å². The number of fused-ring (bicyclic) bond motifs is 1. The van der Waals surface area contributed by atoms with E-state index in [0.717, 1.165) is 44.9 Å². The zero-order valence-electron chi connectivity index (χ0n) is 11.8. The fourth-order valence-corrected chi connectivity index (χ4v) is 4.49. The number of rotatable bonds is 2. The lowest BCUT2D eigenvalue weighted by molar-refractivity contribution is -0.124. The second-order valence-corrected chi connectivity index (χ2v) is 7.07. The lowest BCUT2D eigenvalue weighted by Crippen LogP contribution is -2.45. The standard InChI is InChI=1S/C16H23NO2S/c18-14-7-3-1-2-6-13(14)17-16(19)12-5-4-8-15-11(12)9-10-20-15/h9-10,12-14,18H,1-8H2,(H,17,19). The molecule has 4 heteroatoms. The Morgan fingerprint density at radius 1 is 1.20 bits per heavy atom. The summed E-state index contributed by atoms with van der Waals surface area (Å²) in [6.07, 6.45) is 7.87. The molecule has 1 amide bonds. The summed E-state index contributed by atoms with van der Waals surface area (Å²) in [7, 11) is 0. The van der Waals surface area contributed by atoms with Crippen molar-refractivity contribution in [3.8, 4) is 0 Å². The Morgan fingerprint density at radius 2 is 2.05 bits per heavy atom. The highest BCUT2D eigenvalue weighted by atomic mass is 32.1. The minimum Gasteiger partial charge on any atom is -0.391 e. The molecule has 1 saturated carbocycles. The normalized spacial score (nSPS) is 30.4. The molecule has 0 aliphatic heterocycles. The van der Waals surface area contributed by atoms with Gasteiger partial charge in [-0.25, -0.2) is 0 Å². The molecule has 20 heavy (non-hydrogen) atoms. The number of aliphatic hydroxyl groups is 1. The van der Waals surface area contributed by atoms with Crippen molar-refractivity contribution >= 4 is 17.2 Å². The highest BCUT2D eigenvalue weighted by molar-refractivity contribution is 7.10. The number of amides is 1. The molecular formula is C16H23NO2S. The molecule has 0 spiro atoms. The molecule has 3 atom stereocenters. The number of thiophene rings is 1. The van der Waals surface area contributed by atoms with Crippen LogP contribution in [0.3, 0.4) is 0 Å². The largest absolute Gasteiger partial charge is 0.391 e. The lowest BCUT2D eigenvalue weighted by atomic mass is 9.86. The maximum Gasteiger partial charge on any atom is 0.227 e. The molecule has 1 heterocycles. The third-order valence-corrected chi connectivity index (χ3v) is 5.67. The van der Waals surface area contributed by atoms with Crippen molar-refractivity contribution in [3.05, 3.63) is 21.9 Å². The first-order chi connectivity index (χ1) is 9.75. The lowest BCUT2D eigenvalue weighted by Gasteiger charge is -2.27. The number of aliphatic hydroxyl groups excluding tert-OH is 1. The highest BCUT2D eigenvalue weighted by Gasteiger charge is 2.30. The smallest absolute Gasteiger partial charge is 0.227 e. The summed E-state index contributed by atoms with van der Waals surface area (Å²) in [5.74, 6) is 0.121. The summed E-state index contributed by atoms with van der Waals surface area (Å²) in [4.78, 5) is 13.9. The minimum atomic E-state index is -0.369. The molecule has 1 aromatic rings. The van der Waals surface area contributed by atoms with Gasteiger partial charge in [0.05, 0.1) is 18.1 Å². The molecule has 0 radical (unpaired) electrons. The molecule has 110 valence electrons. The van der Waals surface area contributed by atoms with Crippen molar-refractivity contribution in [1.29, 1.82) is 0 Å². The van der Waals surface area contributed by atoms with Gasteiger partial charge < -0.3 is 10.4 Å². The third-order valence-electron chi connectivity index (χ3n) is 4.68. The summed E-state index contributed by atoms with van der Waals surface area (Å²) in [5.41, 5.74) is 1.22. The summed E-state index contributed by atoms with van der Waals surface area (Å²) < 4.78 is 0. The summed E-state index contributed by atoms with van der Waals surface area (Å²) in [5, 5.41) is 15.4. The summed E-state index contributed by atoms with van der Waals surface area (Å²) in [6.45, 7) is 0. The van der Waals surface area contributed by atoms with Gasteiger partial charge in [-0.2, -0.15) is 0 Å². The van der Waals surface area contributed by atoms with Gasteiger partial charge in [0.25, 0.3) is 0 Å². The van der Waals surface area contributed by atoms with E-state index in [2.05, 4.69) is 16.8 Å². The van der Waals surface area contributed by atoms with E-state index >= 15 is 0 Å². The Morgan fingerprint density at radius 3 is 2.95 bits per heavy atom. The zero-order valence-corrected chi connectivity index (χ0v) is 12.6. The van der Waals surface area contributed by atoms with E-state index < -0.39 is 0 Å². The first kappa shape index (κ1) is 14.1. The first-order valence-corrected chi connectivity index (χ1v) is 8.68. The van der Waals surface area contributed by atoms with Gasteiger partial charge in [0, 0.05) is 4.88 Å². The molecule has 0 aromatic carbocycles. The van der Waals surface area contributed by atoms with E-state index in [1.165, 1.54) is 16.9 Å². The molecule has 2 N–H and O–H groups in total. The van der Waals surface area contributed by atoms with Crippen LogP contribution in [0.4, 0.5) is 0 Å². The van der Waals surface area contributed by atoms with Gasteiger partial charge in [-0.05, 0) is 49.1 Å². The summed E-state index contributed by atoms with van der Waals surface area (Å²) in [6, 6.07) is 2.06. The van der Waals surface area contributed by atoms with Crippen LogP contribution in [0, 0.1) is 0 Å². The molecule has 1 aromatic heterocycles. The Kier molecular flexibility index (Phi) is 4.41. The van der Waals surface area contributed by atoms with Crippen molar-refractivity contribution < 1.29 is 9.90 Å². The van der Waals surface area contributed by atoms with Crippen LogP contribution >= 0.6 is 11.3 Å². The maximum atomic E-state index is 12.6. The Balaban J connectivity index is 1.68. The van der Waals surface area contributed by atoms with Crippen LogP contribution in [0.5, 0.6) is 0 Å². The molecule has 2 aliphatic rings. The van der Waals surface area contributed by atoms with Gasteiger partial charge in [0.2, 0.25) is 5.91 Å². The van der Waals surface area contributed by atoms with Crippen molar-refractivity contribution in [1.82, 2.24) is 5.32 Å². The van der Waals surface area contributed by atoms with Gasteiger partial charge in [0.1, 0.15) is 0 Å². The van der Waals surface area contributed by atoms with Gasteiger partial charge in [-0.15, -0.1) is 11.3 Å². The highest BCUT2D eigenvalue weighted by Crippen LogP contribution is 2.35. The van der Waals surface area contributed by atoms with E-state index in [4.69, 9.17) is 0 Å². The number of hydrogen-bond acceptors (Lipinski definition) is 3. The molecule has 1 fully saturated rings. The fraction of sp³-hybridized carbons (Fsp3) is 0.688. The van der Waals surface area contributed by atoms with Gasteiger partial charge >= 0.3 is 0 Å². The predicted octanol–water partition coefficient (Wildman–Crippen LogP) is 2.98. The SMILES string of the molecule is O=C(NC1CCCCCC1O)C1CCCc2sccc21. The Bertz CT molecular complexity index is 471. The van der Waals surface area contributed by atoms with Crippen molar-refractivity contribution in [2.75, 3.05) is 0 Å². The van der Waals surface area contributed by atoms with E-state index in [1.807, 2.05) is 0 Å². The average Bonchev–Trinajstić information content (AvgIpc) is 2.84. The second kappa shape index (κ2) is 6.27. The number of hydrogen-bond donors (Lipinski definition) is 2. The number of carbonyl (C=O) groups is 1. The average molecular weight is 293 g/mol. The molecular weight excluding hydrogens is 270 g/mol. The van der Waals surface area contributed by atoms with Crippen LogP contribution in [0.15, 0.2) is 11.4 Å². The van der Waals surface area contributed by atoms with Crippen molar-refractivity contribution in [2.45, 2.75) is 69.4 Å². The van der Waals surface area contributed by atoms with Crippen molar-refractivity contribution in [3.63, 3.8) is 0 Å². The van der Waals surface area contributed by atoms with Crippen LogP contribution in [0.25, 0.3) is 0 Å². The van der Waals surface area contributed by atoms with Gasteiger partial charge in [-0.1, -0.05) is 19.3 Å². The van der Waals surface area contributed by atoms with Crippen molar-refractivity contribution in [2.24, 2.45) is 0 Å². The fourth-order valence-electron chi connectivity index (χ4n) is 3.50. The molecule has 3 rings (SSSR count). The molecule has 3 nitrogen and oxygen atoms in total. The monoisotopic (exact) mass is 293 g/mol. The quantitative estimate of drug-likeness (QED) is 0.824. The van der Waals surface area contributed by atoms with E-state index in [9.17, 15) is 9.90 Å². The van der Waals surface area contributed by atoms with E-state index in [0.29, 0.717) is 0 Å². The zero-order chi connectivity index (χ0) is 13.9. The van der Waals surface area contributed by atoms with Gasteiger partial charge in [0.15, 0.2) is 0 Å². The van der Waals surface area contributed by atoms with Crippen LogP contribution in [0.2, 0.25) is 0 Å². The first-order valence-electron chi connectivity index (χ1n) is 7.80. The summed E-state index contributed by atoms with van der Waals surface area (Å²) >= 11 is 1.77. The Labute approximate surface area is 124 Å². The van der Waals surface area contributed by atoms with Gasteiger partial charge in [-0.3, -0.25) is 4.79 Å². The van der Waals surface area contributed by atoms with Crippen LogP contribution in [-0.4, -0.2) is 23.2 Å². The van der Waals surface area contributed by atoms with Crippen LogP contribution in [-0.2, 0) is 11.2 Å².